The Kier molecular flexibility index (Phi) is 6.92. The normalized spacial score (nSPS) is 12.9. The molecule has 2 heterocycles. The highest BCUT2D eigenvalue weighted by molar-refractivity contribution is 5.86. The summed E-state index contributed by atoms with van der Waals surface area (Å²) in [5.41, 5.74) is 7.94. The number of aryl methyl sites for hydroxylation is 1. The first-order valence-electron chi connectivity index (χ1n) is 9.61. The number of nitrogens with two attached hydrogens (primary N) is 1. The predicted molar refractivity (Wildman–Crippen MR) is 112 cm³/mol. The summed E-state index contributed by atoms with van der Waals surface area (Å²) in [6.45, 7) is 0.594. The van der Waals surface area contributed by atoms with E-state index in [9.17, 15) is 4.79 Å². The monoisotopic (exact) mass is 390 g/mol. The van der Waals surface area contributed by atoms with Crippen LogP contribution >= 0.6 is 0 Å². The Balaban J connectivity index is 1.87. The number of benzene rings is 1. The predicted octanol–water partition coefficient (Wildman–Crippen LogP) is 2.63. The molecule has 0 aliphatic heterocycles. The molecule has 3 rings (SSSR count). The van der Waals surface area contributed by atoms with Crippen molar-refractivity contribution in [1.82, 2.24) is 15.3 Å². The van der Waals surface area contributed by atoms with E-state index in [1.807, 2.05) is 54.7 Å². The van der Waals surface area contributed by atoms with Gasteiger partial charge in [0.05, 0.1) is 7.11 Å². The SMILES string of the molecule is COc1cccc(C(CCc2cccnc2)(NCCc2ccncc2)C(N)=O)c1. The zero-order valence-electron chi connectivity index (χ0n) is 16.5. The zero-order chi connectivity index (χ0) is 20.5. The Bertz CT molecular complexity index is 918. The first kappa shape index (κ1) is 20.5. The second-order valence-corrected chi connectivity index (χ2v) is 6.90. The fourth-order valence-electron chi connectivity index (χ4n) is 3.42. The molecule has 0 aliphatic carbocycles. The van der Waals surface area contributed by atoms with Crippen LogP contribution in [0.5, 0.6) is 5.75 Å². The molecular weight excluding hydrogens is 364 g/mol. The smallest absolute Gasteiger partial charge is 0.242 e. The minimum absolute atomic E-state index is 0.413. The van der Waals surface area contributed by atoms with Gasteiger partial charge in [-0.25, -0.2) is 0 Å². The number of amides is 1. The van der Waals surface area contributed by atoms with Crippen LogP contribution < -0.4 is 15.8 Å². The average Bonchev–Trinajstić information content (AvgIpc) is 2.77. The van der Waals surface area contributed by atoms with Crippen molar-refractivity contribution in [3.63, 3.8) is 0 Å². The van der Waals surface area contributed by atoms with Gasteiger partial charge >= 0.3 is 0 Å². The quantitative estimate of drug-likeness (QED) is 0.555. The first-order chi connectivity index (χ1) is 14.1. The second kappa shape index (κ2) is 9.80. The van der Waals surface area contributed by atoms with E-state index in [-0.39, 0.29) is 0 Å². The van der Waals surface area contributed by atoms with Crippen LogP contribution in [0.1, 0.15) is 23.1 Å². The molecule has 1 amide bonds. The van der Waals surface area contributed by atoms with Crippen molar-refractivity contribution in [1.29, 1.82) is 0 Å². The standard InChI is InChI=1S/C23H26N4O2/c1-29-21-6-2-5-20(16-21)23(22(24)28,11-7-19-4-3-12-26-17-19)27-15-10-18-8-13-25-14-9-18/h2-6,8-9,12-14,16-17,27H,7,10-11,15H2,1H3,(H2,24,28). The molecular formula is C23H26N4O2. The summed E-state index contributed by atoms with van der Waals surface area (Å²) in [5, 5.41) is 3.45. The lowest BCUT2D eigenvalue weighted by Gasteiger charge is -2.33. The number of nitrogens with zero attached hydrogens (tertiary/aromatic N) is 2. The van der Waals surface area contributed by atoms with Gasteiger partial charge in [-0.05, 0) is 66.3 Å². The third-order valence-corrected chi connectivity index (χ3v) is 5.08. The van der Waals surface area contributed by atoms with Gasteiger partial charge in [0.15, 0.2) is 0 Å². The minimum Gasteiger partial charge on any atom is -0.497 e. The maximum absolute atomic E-state index is 12.8. The van der Waals surface area contributed by atoms with Gasteiger partial charge in [0.25, 0.3) is 0 Å². The number of pyridine rings is 2. The number of hydrogen-bond donors (Lipinski definition) is 2. The topological polar surface area (TPSA) is 90.1 Å². The number of nitrogens with one attached hydrogen (secondary N) is 1. The summed E-state index contributed by atoms with van der Waals surface area (Å²) in [4.78, 5) is 21.0. The third-order valence-electron chi connectivity index (χ3n) is 5.08. The van der Waals surface area contributed by atoms with Crippen LogP contribution in [0.15, 0.2) is 73.3 Å². The van der Waals surface area contributed by atoms with Gasteiger partial charge in [-0.15, -0.1) is 0 Å². The molecule has 0 bridgehead atoms. The van der Waals surface area contributed by atoms with Gasteiger partial charge in [-0.3, -0.25) is 20.1 Å². The third kappa shape index (κ3) is 5.18. The van der Waals surface area contributed by atoms with Crippen molar-refractivity contribution in [2.75, 3.05) is 13.7 Å². The van der Waals surface area contributed by atoms with E-state index in [1.165, 1.54) is 0 Å². The van der Waals surface area contributed by atoms with Gasteiger partial charge in [0.2, 0.25) is 5.91 Å². The molecule has 3 aromatic rings. The van der Waals surface area contributed by atoms with E-state index in [0.717, 1.165) is 23.1 Å². The summed E-state index contributed by atoms with van der Waals surface area (Å²) in [6.07, 6.45) is 9.01. The molecule has 1 atom stereocenters. The van der Waals surface area contributed by atoms with Crippen LogP contribution in [0, 0.1) is 0 Å². The highest BCUT2D eigenvalue weighted by atomic mass is 16.5. The van der Waals surface area contributed by atoms with E-state index in [4.69, 9.17) is 10.5 Å². The molecule has 3 N–H and O–H groups in total. The number of primary amides is 1. The fourth-order valence-corrected chi connectivity index (χ4v) is 3.42. The minimum atomic E-state index is -1.02. The molecule has 0 saturated carbocycles. The number of ether oxygens (including phenoxy) is 1. The lowest BCUT2D eigenvalue weighted by molar-refractivity contribution is -0.125. The Morgan fingerprint density at radius 2 is 1.86 bits per heavy atom. The Labute approximate surface area is 171 Å². The summed E-state index contributed by atoms with van der Waals surface area (Å²) in [7, 11) is 1.61. The summed E-state index contributed by atoms with van der Waals surface area (Å²) in [5.74, 6) is 0.273. The molecule has 0 aliphatic rings. The van der Waals surface area contributed by atoms with E-state index in [1.54, 1.807) is 25.7 Å². The van der Waals surface area contributed by atoms with E-state index in [2.05, 4.69) is 15.3 Å². The van der Waals surface area contributed by atoms with Gasteiger partial charge in [-0.1, -0.05) is 18.2 Å². The number of carbonyl (C=O) groups excluding carboxylic acids is 1. The fraction of sp³-hybridized carbons (Fsp3) is 0.261. The lowest BCUT2D eigenvalue weighted by atomic mass is 9.83. The Morgan fingerprint density at radius 1 is 1.03 bits per heavy atom. The molecule has 0 radical (unpaired) electrons. The number of methoxy groups -OCH3 is 1. The molecule has 150 valence electrons. The number of hydrogen-bond acceptors (Lipinski definition) is 5. The molecule has 0 saturated heterocycles. The summed E-state index contributed by atoms with van der Waals surface area (Å²) in [6, 6.07) is 15.3. The number of aromatic nitrogens is 2. The molecule has 0 fully saturated rings. The largest absolute Gasteiger partial charge is 0.497 e. The van der Waals surface area contributed by atoms with Crippen LogP contribution in [-0.4, -0.2) is 29.5 Å². The second-order valence-electron chi connectivity index (χ2n) is 6.90. The van der Waals surface area contributed by atoms with Crippen LogP contribution in [0.2, 0.25) is 0 Å². The highest BCUT2D eigenvalue weighted by Gasteiger charge is 2.38. The van der Waals surface area contributed by atoms with Crippen molar-refractivity contribution in [2.45, 2.75) is 24.8 Å². The Hall–Kier alpha value is -3.25. The maximum atomic E-state index is 12.8. The van der Waals surface area contributed by atoms with E-state index < -0.39 is 11.4 Å². The Morgan fingerprint density at radius 3 is 2.55 bits per heavy atom. The van der Waals surface area contributed by atoms with Crippen molar-refractivity contribution < 1.29 is 9.53 Å². The highest BCUT2D eigenvalue weighted by Crippen LogP contribution is 2.29. The molecule has 1 unspecified atom stereocenters. The van der Waals surface area contributed by atoms with Gasteiger partial charge in [0, 0.05) is 31.3 Å². The van der Waals surface area contributed by atoms with Crippen molar-refractivity contribution in [2.24, 2.45) is 5.73 Å². The molecule has 2 aromatic heterocycles. The molecule has 1 aromatic carbocycles. The lowest BCUT2D eigenvalue weighted by Crippen LogP contribution is -2.53. The van der Waals surface area contributed by atoms with Gasteiger partial charge < -0.3 is 10.5 Å². The molecule has 6 nitrogen and oxygen atoms in total. The maximum Gasteiger partial charge on any atom is 0.242 e. The zero-order valence-corrected chi connectivity index (χ0v) is 16.5. The van der Waals surface area contributed by atoms with Crippen molar-refractivity contribution in [3.05, 3.63) is 90.0 Å². The van der Waals surface area contributed by atoms with Crippen LogP contribution in [0.25, 0.3) is 0 Å². The summed E-state index contributed by atoms with van der Waals surface area (Å²) < 4.78 is 5.37. The average molecular weight is 390 g/mol. The molecule has 6 heteroatoms. The molecule has 0 spiro atoms. The number of carbonyl (C=O) groups is 1. The van der Waals surface area contributed by atoms with Gasteiger partial charge in [-0.2, -0.15) is 0 Å². The van der Waals surface area contributed by atoms with Crippen molar-refractivity contribution >= 4 is 5.91 Å². The summed E-state index contributed by atoms with van der Waals surface area (Å²) >= 11 is 0. The van der Waals surface area contributed by atoms with E-state index >= 15 is 0 Å². The van der Waals surface area contributed by atoms with E-state index in [0.29, 0.717) is 25.1 Å². The number of rotatable bonds is 10. The van der Waals surface area contributed by atoms with Crippen LogP contribution in [-0.2, 0) is 23.2 Å². The van der Waals surface area contributed by atoms with Crippen LogP contribution in [0.4, 0.5) is 0 Å². The molecule has 29 heavy (non-hydrogen) atoms. The van der Waals surface area contributed by atoms with Crippen LogP contribution in [0.3, 0.4) is 0 Å². The van der Waals surface area contributed by atoms with Gasteiger partial charge in [0.1, 0.15) is 11.3 Å². The first-order valence-corrected chi connectivity index (χ1v) is 9.61. The van der Waals surface area contributed by atoms with Crippen molar-refractivity contribution in [3.8, 4) is 5.75 Å².